The summed E-state index contributed by atoms with van der Waals surface area (Å²) in [4.78, 5) is 33.3. The molecule has 1 N–H and O–H groups in total. The van der Waals surface area contributed by atoms with Crippen molar-refractivity contribution in [3.8, 4) is 11.5 Å². The zero-order valence-electron chi connectivity index (χ0n) is 17.4. The molecule has 0 saturated carbocycles. The summed E-state index contributed by atoms with van der Waals surface area (Å²) in [5, 5.41) is 4.07. The maximum absolute atomic E-state index is 13.0. The molecule has 2 aromatic heterocycles. The molecule has 0 aliphatic carbocycles. The van der Waals surface area contributed by atoms with E-state index >= 15 is 0 Å². The first-order valence-corrected chi connectivity index (χ1v) is 10.7. The van der Waals surface area contributed by atoms with Crippen LogP contribution in [0.2, 0.25) is 10.0 Å². The molecule has 1 amide bonds. The van der Waals surface area contributed by atoms with Crippen LogP contribution in [0.4, 0.5) is 0 Å². The molecule has 2 heterocycles. The molecule has 0 bridgehead atoms. The Morgan fingerprint density at radius 3 is 2.24 bits per heavy atom. The lowest BCUT2D eigenvalue weighted by Crippen LogP contribution is -2.23. The van der Waals surface area contributed by atoms with E-state index in [2.05, 4.69) is 15.3 Å². The fourth-order valence-corrected chi connectivity index (χ4v) is 4.05. The zero-order chi connectivity index (χ0) is 23.7. The van der Waals surface area contributed by atoms with Gasteiger partial charge in [0.15, 0.2) is 0 Å². The van der Waals surface area contributed by atoms with Crippen LogP contribution in [0.1, 0.15) is 26.3 Å². The molecule has 33 heavy (non-hydrogen) atoms. The topological polar surface area (TPSA) is 90.4 Å². The van der Waals surface area contributed by atoms with E-state index < -0.39 is 11.1 Å². The number of carbonyl (C=O) groups excluding carboxylic acids is 2. The lowest BCUT2D eigenvalue weighted by molar-refractivity contribution is 0.0947. The van der Waals surface area contributed by atoms with Crippen molar-refractivity contribution < 1.29 is 19.1 Å². The van der Waals surface area contributed by atoms with Crippen molar-refractivity contribution in [3.05, 3.63) is 69.5 Å². The van der Waals surface area contributed by atoms with Gasteiger partial charge in [-0.1, -0.05) is 23.2 Å². The number of hydrogen-bond acceptors (Lipinski definition) is 6. The Kier molecular flexibility index (Phi) is 6.56. The van der Waals surface area contributed by atoms with Gasteiger partial charge in [-0.05, 0) is 29.8 Å². The molecule has 0 saturated heterocycles. The van der Waals surface area contributed by atoms with Gasteiger partial charge in [0.1, 0.15) is 11.5 Å². The van der Waals surface area contributed by atoms with E-state index in [1.54, 1.807) is 36.7 Å². The van der Waals surface area contributed by atoms with E-state index in [0.717, 1.165) is 0 Å². The van der Waals surface area contributed by atoms with E-state index in [9.17, 15) is 9.59 Å². The predicted octanol–water partition coefficient (Wildman–Crippen LogP) is 5.42. The third-order valence-electron chi connectivity index (χ3n) is 5.10. The van der Waals surface area contributed by atoms with Crippen LogP contribution in [0.5, 0.6) is 11.5 Å². The van der Waals surface area contributed by atoms with Crippen LogP contribution in [0.15, 0.2) is 42.7 Å². The van der Waals surface area contributed by atoms with E-state index in [-0.39, 0.29) is 12.1 Å². The number of amides is 1. The summed E-state index contributed by atoms with van der Waals surface area (Å²) >= 11 is 18.5. The number of nitrogens with zero attached hydrogens (tertiary/aromatic N) is 2. The lowest BCUT2D eigenvalue weighted by Gasteiger charge is -2.13. The van der Waals surface area contributed by atoms with Crippen LogP contribution < -0.4 is 14.8 Å². The first-order chi connectivity index (χ1) is 15.8. The molecule has 0 fully saturated rings. The number of aromatic nitrogens is 2. The summed E-state index contributed by atoms with van der Waals surface area (Å²) in [6.45, 7) is 0.0821. The molecule has 10 heteroatoms. The van der Waals surface area contributed by atoms with Crippen molar-refractivity contribution in [2.24, 2.45) is 0 Å². The van der Waals surface area contributed by atoms with Gasteiger partial charge in [0.2, 0.25) is 0 Å². The molecule has 4 rings (SSSR count). The number of benzene rings is 2. The monoisotopic (exact) mass is 503 g/mol. The second-order valence-electron chi connectivity index (χ2n) is 6.99. The number of fused-ring (bicyclic) bond motifs is 2. The number of methoxy groups -OCH3 is 2. The highest BCUT2D eigenvalue weighted by molar-refractivity contribution is 6.68. The summed E-state index contributed by atoms with van der Waals surface area (Å²) in [6, 6.07) is 8.03. The maximum atomic E-state index is 13.0. The molecular weight excluding hydrogens is 489 g/mol. The number of rotatable bonds is 6. The molecule has 7 nitrogen and oxygen atoms in total. The fourth-order valence-electron chi connectivity index (χ4n) is 3.43. The van der Waals surface area contributed by atoms with Crippen LogP contribution >= 0.6 is 34.8 Å². The number of carbonyl (C=O) groups is 2. The van der Waals surface area contributed by atoms with Crippen molar-refractivity contribution in [2.45, 2.75) is 6.54 Å². The van der Waals surface area contributed by atoms with Crippen molar-refractivity contribution in [3.63, 3.8) is 0 Å². The molecule has 4 aromatic rings. The molecule has 0 radical (unpaired) electrons. The van der Waals surface area contributed by atoms with Gasteiger partial charge in [-0.2, -0.15) is 0 Å². The van der Waals surface area contributed by atoms with Crippen LogP contribution in [-0.4, -0.2) is 35.3 Å². The Balaban J connectivity index is 1.66. The number of ether oxygens (including phenoxy) is 2. The smallest absolute Gasteiger partial charge is 0.256 e. The van der Waals surface area contributed by atoms with Crippen molar-refractivity contribution in [1.82, 2.24) is 15.3 Å². The summed E-state index contributed by atoms with van der Waals surface area (Å²) in [5.74, 6) is 0.259. The van der Waals surface area contributed by atoms with Gasteiger partial charge >= 0.3 is 0 Å². The van der Waals surface area contributed by atoms with E-state index in [0.29, 0.717) is 54.5 Å². The number of hydrogen-bond donors (Lipinski definition) is 1. The SMILES string of the molecule is COc1cc2ncc(CNC(=O)c3cc4c(Cl)ccnc4cc3OC)c(Cl)c2cc1C(=O)Cl. The summed E-state index contributed by atoms with van der Waals surface area (Å²) in [7, 11) is 2.90. The van der Waals surface area contributed by atoms with Crippen molar-refractivity contribution in [1.29, 1.82) is 0 Å². The molecular formula is C23H16Cl3N3O4. The highest BCUT2D eigenvalue weighted by Gasteiger charge is 2.18. The first-order valence-electron chi connectivity index (χ1n) is 9.59. The Hall–Kier alpha value is -3.13. The van der Waals surface area contributed by atoms with Gasteiger partial charge in [0.05, 0.1) is 46.4 Å². The normalized spacial score (nSPS) is 10.9. The summed E-state index contributed by atoms with van der Waals surface area (Å²) in [5.41, 5.74) is 2.15. The highest BCUT2D eigenvalue weighted by Crippen LogP contribution is 2.33. The van der Waals surface area contributed by atoms with Crippen molar-refractivity contribution >= 4 is 67.8 Å². The predicted molar refractivity (Wildman–Crippen MR) is 128 cm³/mol. The molecule has 0 unspecified atom stereocenters. The average molecular weight is 505 g/mol. The standard InChI is InChI=1S/C23H16Cl3N3O4/c1-32-19-8-18-13(6-14(19)22(26)30)21(25)11(9-28-18)10-29-23(31)15-5-12-16(24)3-4-27-17(12)7-20(15)33-2/h3-9H,10H2,1-2H3,(H,29,31). The highest BCUT2D eigenvalue weighted by atomic mass is 35.5. The van der Waals surface area contributed by atoms with E-state index in [4.69, 9.17) is 44.3 Å². The Labute approximate surface area is 203 Å². The minimum absolute atomic E-state index is 0.0821. The van der Waals surface area contributed by atoms with Crippen molar-refractivity contribution in [2.75, 3.05) is 14.2 Å². The van der Waals surface area contributed by atoms with Crippen LogP contribution in [0.25, 0.3) is 21.8 Å². The number of halogens is 3. The second-order valence-corrected chi connectivity index (χ2v) is 8.11. The van der Waals surface area contributed by atoms with Gasteiger partial charge in [-0.25, -0.2) is 0 Å². The molecule has 0 aliphatic heterocycles. The van der Waals surface area contributed by atoms with Gasteiger partial charge in [0, 0.05) is 47.4 Å². The number of nitrogens with one attached hydrogen (secondary N) is 1. The Morgan fingerprint density at radius 2 is 1.58 bits per heavy atom. The van der Waals surface area contributed by atoms with Crippen LogP contribution in [0, 0.1) is 0 Å². The fraction of sp³-hybridized carbons (Fsp3) is 0.130. The van der Waals surface area contributed by atoms with Crippen LogP contribution in [-0.2, 0) is 6.54 Å². The summed E-state index contributed by atoms with van der Waals surface area (Å²) < 4.78 is 10.6. The Bertz CT molecular complexity index is 1430. The minimum Gasteiger partial charge on any atom is -0.496 e. The van der Waals surface area contributed by atoms with E-state index in [1.807, 2.05) is 0 Å². The lowest BCUT2D eigenvalue weighted by atomic mass is 10.1. The van der Waals surface area contributed by atoms with Gasteiger partial charge < -0.3 is 14.8 Å². The Morgan fingerprint density at radius 1 is 0.939 bits per heavy atom. The minimum atomic E-state index is -0.680. The average Bonchev–Trinajstić information content (AvgIpc) is 2.82. The molecule has 0 atom stereocenters. The van der Waals surface area contributed by atoms with E-state index in [1.165, 1.54) is 20.3 Å². The first kappa shape index (κ1) is 23.0. The number of pyridine rings is 2. The largest absolute Gasteiger partial charge is 0.496 e. The molecule has 0 aliphatic rings. The zero-order valence-corrected chi connectivity index (χ0v) is 19.7. The second kappa shape index (κ2) is 9.39. The quantitative estimate of drug-likeness (QED) is 0.353. The maximum Gasteiger partial charge on any atom is 0.256 e. The molecule has 168 valence electrons. The van der Waals surface area contributed by atoms with Gasteiger partial charge in [-0.3, -0.25) is 19.6 Å². The molecule has 0 spiro atoms. The van der Waals surface area contributed by atoms with Gasteiger partial charge in [0.25, 0.3) is 11.1 Å². The summed E-state index contributed by atoms with van der Waals surface area (Å²) in [6.07, 6.45) is 3.13. The van der Waals surface area contributed by atoms with Crippen LogP contribution in [0.3, 0.4) is 0 Å². The van der Waals surface area contributed by atoms with Gasteiger partial charge in [-0.15, -0.1) is 0 Å². The third kappa shape index (κ3) is 4.39. The molecule has 2 aromatic carbocycles. The third-order valence-corrected chi connectivity index (χ3v) is 6.08.